The molecule has 4 N–H and O–H groups in total. The van der Waals surface area contributed by atoms with E-state index in [-0.39, 0.29) is 23.7 Å². The van der Waals surface area contributed by atoms with E-state index in [1.807, 2.05) is 0 Å². The molecular formula is C15H14O5. The molecule has 5 heteroatoms. The quantitative estimate of drug-likeness (QED) is 0.637. The highest BCUT2D eigenvalue weighted by molar-refractivity contribution is 5.51. The number of phenols is 3. The van der Waals surface area contributed by atoms with Crippen LogP contribution < -0.4 is 4.74 Å². The van der Waals surface area contributed by atoms with Gasteiger partial charge in [0, 0.05) is 24.1 Å². The molecule has 0 aliphatic carbocycles. The Balaban J connectivity index is 2.00. The first-order valence-electron chi connectivity index (χ1n) is 6.23. The predicted molar refractivity (Wildman–Crippen MR) is 71.0 cm³/mol. The maximum Gasteiger partial charge on any atom is 0.150 e. The molecule has 0 saturated heterocycles. The van der Waals surface area contributed by atoms with Gasteiger partial charge in [0.25, 0.3) is 0 Å². The van der Waals surface area contributed by atoms with Crippen LogP contribution in [0.4, 0.5) is 0 Å². The number of hydrogen-bond acceptors (Lipinski definition) is 5. The van der Waals surface area contributed by atoms with Crippen LogP contribution in [0.25, 0.3) is 0 Å². The molecule has 2 atom stereocenters. The molecule has 0 fully saturated rings. The van der Waals surface area contributed by atoms with Crippen LogP contribution in [-0.4, -0.2) is 26.5 Å². The van der Waals surface area contributed by atoms with Gasteiger partial charge < -0.3 is 25.2 Å². The summed E-state index contributed by atoms with van der Waals surface area (Å²) < 4.78 is 5.67. The lowest BCUT2D eigenvalue weighted by atomic mass is 9.94. The maximum absolute atomic E-state index is 10.2. The summed E-state index contributed by atoms with van der Waals surface area (Å²) in [4.78, 5) is 0. The molecule has 20 heavy (non-hydrogen) atoms. The monoisotopic (exact) mass is 274 g/mol. The molecule has 2 aromatic rings. The Morgan fingerprint density at radius 1 is 1.00 bits per heavy atom. The van der Waals surface area contributed by atoms with Crippen LogP contribution >= 0.6 is 0 Å². The molecule has 0 radical (unpaired) electrons. The molecular weight excluding hydrogens is 260 g/mol. The first kappa shape index (κ1) is 12.6. The van der Waals surface area contributed by atoms with Gasteiger partial charge >= 0.3 is 0 Å². The van der Waals surface area contributed by atoms with Crippen molar-refractivity contribution in [1.29, 1.82) is 0 Å². The Morgan fingerprint density at radius 2 is 1.80 bits per heavy atom. The van der Waals surface area contributed by atoms with Crippen LogP contribution in [0, 0.1) is 0 Å². The smallest absolute Gasteiger partial charge is 0.150 e. The van der Waals surface area contributed by atoms with E-state index in [1.54, 1.807) is 12.1 Å². The van der Waals surface area contributed by atoms with Gasteiger partial charge in [-0.2, -0.15) is 0 Å². The van der Waals surface area contributed by atoms with E-state index in [4.69, 9.17) is 4.74 Å². The first-order valence-corrected chi connectivity index (χ1v) is 6.23. The average Bonchev–Trinajstić information content (AvgIpc) is 2.39. The Bertz CT molecular complexity index is 653. The SMILES string of the molecule is Oc1cccc(C2Oc3cc(O)cc(O)c3CC2O)c1. The number of benzene rings is 2. The topological polar surface area (TPSA) is 90.2 Å². The number of aliphatic hydroxyl groups is 1. The normalized spacial score (nSPS) is 21.1. The van der Waals surface area contributed by atoms with Crippen molar-refractivity contribution in [2.75, 3.05) is 0 Å². The van der Waals surface area contributed by atoms with Gasteiger partial charge in [0.05, 0.1) is 6.10 Å². The highest BCUT2D eigenvalue weighted by atomic mass is 16.5. The minimum Gasteiger partial charge on any atom is -0.508 e. The summed E-state index contributed by atoms with van der Waals surface area (Å²) in [7, 11) is 0. The molecule has 0 spiro atoms. The maximum atomic E-state index is 10.2. The lowest BCUT2D eigenvalue weighted by molar-refractivity contribution is 0.0197. The van der Waals surface area contributed by atoms with Gasteiger partial charge in [0.2, 0.25) is 0 Å². The van der Waals surface area contributed by atoms with Crippen LogP contribution in [0.1, 0.15) is 17.2 Å². The zero-order chi connectivity index (χ0) is 14.3. The summed E-state index contributed by atoms with van der Waals surface area (Å²) in [5.74, 6) is 0.213. The summed E-state index contributed by atoms with van der Waals surface area (Å²) >= 11 is 0. The van der Waals surface area contributed by atoms with Crippen molar-refractivity contribution in [3.63, 3.8) is 0 Å². The van der Waals surface area contributed by atoms with E-state index in [9.17, 15) is 20.4 Å². The fraction of sp³-hybridized carbons (Fsp3) is 0.200. The highest BCUT2D eigenvalue weighted by Crippen LogP contribution is 2.41. The fourth-order valence-corrected chi connectivity index (χ4v) is 2.45. The van der Waals surface area contributed by atoms with Crippen LogP contribution in [0.2, 0.25) is 0 Å². The second-order valence-electron chi connectivity index (χ2n) is 4.85. The van der Waals surface area contributed by atoms with Crippen molar-refractivity contribution in [3.05, 3.63) is 47.5 Å². The van der Waals surface area contributed by atoms with Crippen LogP contribution in [-0.2, 0) is 6.42 Å². The predicted octanol–water partition coefficient (Wildman–Crippen LogP) is 1.84. The van der Waals surface area contributed by atoms with Crippen molar-refractivity contribution in [1.82, 2.24) is 0 Å². The van der Waals surface area contributed by atoms with Crippen molar-refractivity contribution >= 4 is 0 Å². The molecule has 5 nitrogen and oxygen atoms in total. The van der Waals surface area contributed by atoms with E-state index < -0.39 is 12.2 Å². The van der Waals surface area contributed by atoms with Crippen molar-refractivity contribution < 1.29 is 25.2 Å². The molecule has 2 aromatic carbocycles. The third-order valence-corrected chi connectivity index (χ3v) is 3.39. The number of phenolic OH excluding ortho intramolecular Hbond substituents is 3. The third kappa shape index (κ3) is 2.12. The van der Waals surface area contributed by atoms with Gasteiger partial charge in [0.1, 0.15) is 29.1 Å². The lowest BCUT2D eigenvalue weighted by Gasteiger charge is -2.31. The lowest BCUT2D eigenvalue weighted by Crippen LogP contribution is -2.30. The van der Waals surface area contributed by atoms with E-state index in [1.165, 1.54) is 24.3 Å². The average molecular weight is 274 g/mol. The van der Waals surface area contributed by atoms with Gasteiger partial charge in [-0.05, 0) is 17.7 Å². The van der Waals surface area contributed by atoms with E-state index in [2.05, 4.69) is 0 Å². The largest absolute Gasteiger partial charge is 0.508 e. The van der Waals surface area contributed by atoms with Gasteiger partial charge in [-0.25, -0.2) is 0 Å². The van der Waals surface area contributed by atoms with Crippen LogP contribution in [0.3, 0.4) is 0 Å². The molecule has 104 valence electrons. The molecule has 0 saturated carbocycles. The van der Waals surface area contributed by atoms with E-state index in [0.717, 1.165) is 0 Å². The van der Waals surface area contributed by atoms with Crippen LogP contribution in [0.5, 0.6) is 23.0 Å². The Hall–Kier alpha value is -2.40. The second kappa shape index (κ2) is 4.61. The molecule has 1 aliphatic rings. The number of aromatic hydroxyl groups is 3. The number of fused-ring (bicyclic) bond motifs is 1. The molecule has 0 aromatic heterocycles. The van der Waals surface area contributed by atoms with Crippen molar-refractivity contribution in [2.45, 2.75) is 18.6 Å². The standard InChI is InChI=1S/C15H14O5/c16-9-3-1-2-8(4-9)15-13(19)7-11-12(18)5-10(17)6-14(11)20-15/h1-6,13,15-19H,7H2. The molecule has 1 heterocycles. The molecule has 0 amide bonds. The number of hydrogen-bond donors (Lipinski definition) is 4. The molecule has 2 unspecified atom stereocenters. The summed E-state index contributed by atoms with van der Waals surface area (Å²) in [5.41, 5.74) is 1.10. The first-order chi connectivity index (χ1) is 9.54. The fourth-order valence-electron chi connectivity index (χ4n) is 2.45. The summed E-state index contributed by atoms with van der Waals surface area (Å²) in [5, 5.41) is 38.9. The third-order valence-electron chi connectivity index (χ3n) is 3.39. The minimum atomic E-state index is -0.847. The number of aliphatic hydroxyl groups excluding tert-OH is 1. The Labute approximate surface area is 115 Å². The van der Waals surface area contributed by atoms with E-state index in [0.29, 0.717) is 16.9 Å². The summed E-state index contributed by atoms with van der Waals surface area (Å²) in [6, 6.07) is 9.06. The molecule has 3 rings (SSSR count). The van der Waals surface area contributed by atoms with Gasteiger partial charge in [0.15, 0.2) is 0 Å². The second-order valence-corrected chi connectivity index (χ2v) is 4.85. The van der Waals surface area contributed by atoms with Crippen LogP contribution in [0.15, 0.2) is 36.4 Å². The van der Waals surface area contributed by atoms with Gasteiger partial charge in [-0.3, -0.25) is 0 Å². The van der Waals surface area contributed by atoms with Crippen molar-refractivity contribution in [3.8, 4) is 23.0 Å². The molecule has 1 aliphatic heterocycles. The van der Waals surface area contributed by atoms with Crippen molar-refractivity contribution in [2.24, 2.45) is 0 Å². The minimum absolute atomic E-state index is 0.0860. The number of rotatable bonds is 1. The summed E-state index contributed by atoms with van der Waals surface area (Å²) in [6.45, 7) is 0. The zero-order valence-corrected chi connectivity index (χ0v) is 10.5. The molecule has 0 bridgehead atoms. The van der Waals surface area contributed by atoms with Gasteiger partial charge in [-0.1, -0.05) is 12.1 Å². The Morgan fingerprint density at radius 3 is 2.55 bits per heavy atom. The Kier molecular flexibility index (Phi) is 2.91. The van der Waals surface area contributed by atoms with E-state index >= 15 is 0 Å². The number of ether oxygens (including phenoxy) is 1. The van der Waals surface area contributed by atoms with Gasteiger partial charge in [-0.15, -0.1) is 0 Å². The zero-order valence-electron chi connectivity index (χ0n) is 10.5. The summed E-state index contributed by atoms with van der Waals surface area (Å²) in [6.07, 6.45) is -1.29. The highest BCUT2D eigenvalue weighted by Gasteiger charge is 2.32.